The fourth-order valence-electron chi connectivity index (χ4n) is 1.93. The molecule has 0 aliphatic heterocycles. The molecule has 1 aromatic carbocycles. The van der Waals surface area contributed by atoms with E-state index in [4.69, 9.17) is 15.6 Å². The molecular formula is C15H22N2O4. The van der Waals surface area contributed by atoms with Crippen molar-refractivity contribution in [3.63, 3.8) is 0 Å². The zero-order valence-corrected chi connectivity index (χ0v) is 12.1. The molecule has 1 aromatic rings. The van der Waals surface area contributed by atoms with Gasteiger partial charge in [0.2, 0.25) is 5.91 Å². The van der Waals surface area contributed by atoms with Crippen LogP contribution >= 0.6 is 0 Å². The fraction of sp³-hybridized carbons (Fsp3) is 0.467. The van der Waals surface area contributed by atoms with Gasteiger partial charge < -0.3 is 20.9 Å². The molecule has 0 saturated heterocycles. The summed E-state index contributed by atoms with van der Waals surface area (Å²) in [7, 11) is 1.55. The summed E-state index contributed by atoms with van der Waals surface area (Å²) >= 11 is 0. The minimum Gasteiger partial charge on any atom is -0.480 e. The third-order valence-electron chi connectivity index (χ3n) is 3.09. The summed E-state index contributed by atoms with van der Waals surface area (Å²) in [5, 5.41) is 11.6. The van der Waals surface area contributed by atoms with E-state index in [2.05, 4.69) is 5.32 Å². The molecule has 1 amide bonds. The molecule has 1 rings (SSSR count). The van der Waals surface area contributed by atoms with Crippen LogP contribution in [-0.2, 0) is 20.7 Å². The lowest BCUT2D eigenvalue weighted by Crippen LogP contribution is -2.49. The Morgan fingerprint density at radius 2 is 2.00 bits per heavy atom. The summed E-state index contributed by atoms with van der Waals surface area (Å²) in [4.78, 5) is 23.1. The topological polar surface area (TPSA) is 102 Å². The molecule has 21 heavy (non-hydrogen) atoms. The number of nitrogens with two attached hydrogens (primary N) is 1. The molecule has 6 heteroatoms. The molecule has 2 unspecified atom stereocenters. The number of carboxylic acid groups (broad SMARTS) is 1. The second-order valence-electron chi connectivity index (χ2n) is 4.83. The van der Waals surface area contributed by atoms with E-state index in [1.165, 1.54) is 0 Å². The molecule has 0 aromatic heterocycles. The highest BCUT2D eigenvalue weighted by molar-refractivity contribution is 5.86. The molecule has 0 saturated carbocycles. The van der Waals surface area contributed by atoms with E-state index >= 15 is 0 Å². The van der Waals surface area contributed by atoms with Gasteiger partial charge in [0, 0.05) is 13.7 Å². The largest absolute Gasteiger partial charge is 0.480 e. The number of carbonyl (C=O) groups is 2. The number of rotatable bonds is 9. The highest BCUT2D eigenvalue weighted by Crippen LogP contribution is 2.03. The summed E-state index contributed by atoms with van der Waals surface area (Å²) in [5.74, 6) is -1.52. The number of hydrogen-bond acceptors (Lipinski definition) is 4. The van der Waals surface area contributed by atoms with Crippen LogP contribution in [0.15, 0.2) is 30.3 Å². The van der Waals surface area contributed by atoms with Gasteiger partial charge in [-0.25, -0.2) is 4.79 Å². The number of carboxylic acids is 1. The number of hydrogen-bond donors (Lipinski definition) is 3. The first-order chi connectivity index (χ1) is 10.0. The zero-order chi connectivity index (χ0) is 15.7. The van der Waals surface area contributed by atoms with Gasteiger partial charge in [-0.1, -0.05) is 30.3 Å². The van der Waals surface area contributed by atoms with Crippen LogP contribution in [0.3, 0.4) is 0 Å². The third-order valence-corrected chi connectivity index (χ3v) is 3.09. The van der Waals surface area contributed by atoms with Crippen molar-refractivity contribution in [2.75, 3.05) is 13.7 Å². The number of carbonyl (C=O) groups excluding carboxylic acids is 1. The van der Waals surface area contributed by atoms with Crippen LogP contribution in [-0.4, -0.2) is 42.8 Å². The highest BCUT2D eigenvalue weighted by Gasteiger charge is 2.22. The van der Waals surface area contributed by atoms with Gasteiger partial charge in [-0.05, 0) is 24.8 Å². The lowest BCUT2D eigenvalue weighted by molar-refractivity contribution is -0.142. The Labute approximate surface area is 124 Å². The number of ether oxygens (including phenoxy) is 1. The Hall–Kier alpha value is -1.92. The van der Waals surface area contributed by atoms with Gasteiger partial charge in [-0.15, -0.1) is 0 Å². The lowest BCUT2D eigenvalue weighted by atomic mass is 10.1. The molecule has 6 nitrogen and oxygen atoms in total. The summed E-state index contributed by atoms with van der Waals surface area (Å²) in [6, 6.07) is 7.66. The van der Waals surface area contributed by atoms with Crippen molar-refractivity contribution < 1.29 is 19.4 Å². The standard InChI is InChI=1S/C15H22N2O4/c1-21-9-5-8-13(15(19)20)17-14(18)12(16)10-11-6-3-2-4-7-11/h2-4,6-7,12-13H,5,8-10,16H2,1H3,(H,17,18)(H,19,20). The molecule has 0 fully saturated rings. The Balaban J connectivity index is 2.50. The maximum atomic E-state index is 12.0. The highest BCUT2D eigenvalue weighted by atomic mass is 16.5. The second-order valence-corrected chi connectivity index (χ2v) is 4.83. The van der Waals surface area contributed by atoms with Crippen molar-refractivity contribution in [1.82, 2.24) is 5.32 Å². The first-order valence-corrected chi connectivity index (χ1v) is 6.86. The predicted molar refractivity (Wildman–Crippen MR) is 78.8 cm³/mol. The van der Waals surface area contributed by atoms with Crippen LogP contribution in [0, 0.1) is 0 Å². The second kappa shape index (κ2) is 9.10. The van der Waals surface area contributed by atoms with Crippen LogP contribution in [0.25, 0.3) is 0 Å². The lowest BCUT2D eigenvalue weighted by Gasteiger charge is -2.17. The summed E-state index contributed by atoms with van der Waals surface area (Å²) in [5.41, 5.74) is 6.76. The van der Waals surface area contributed by atoms with E-state index in [-0.39, 0.29) is 0 Å². The maximum absolute atomic E-state index is 12.0. The molecule has 0 bridgehead atoms. The molecule has 0 aliphatic rings. The first kappa shape index (κ1) is 17.1. The van der Waals surface area contributed by atoms with Gasteiger partial charge >= 0.3 is 5.97 Å². The monoisotopic (exact) mass is 294 g/mol. The molecule has 0 aliphatic carbocycles. The number of benzene rings is 1. The van der Waals surface area contributed by atoms with Gasteiger partial charge in [0.15, 0.2) is 0 Å². The minimum atomic E-state index is -1.06. The molecular weight excluding hydrogens is 272 g/mol. The van der Waals surface area contributed by atoms with Crippen molar-refractivity contribution in [3.05, 3.63) is 35.9 Å². The molecule has 4 N–H and O–H groups in total. The normalized spacial score (nSPS) is 13.4. The zero-order valence-electron chi connectivity index (χ0n) is 12.1. The Kier molecular flexibility index (Phi) is 7.42. The van der Waals surface area contributed by atoms with Gasteiger partial charge in [-0.2, -0.15) is 0 Å². The number of aliphatic carboxylic acids is 1. The minimum absolute atomic E-state index is 0.312. The van der Waals surface area contributed by atoms with Crippen LogP contribution in [0.1, 0.15) is 18.4 Å². The summed E-state index contributed by atoms with van der Waals surface area (Å²) < 4.78 is 4.87. The van der Waals surface area contributed by atoms with Crippen LogP contribution < -0.4 is 11.1 Å². The summed E-state index contributed by atoms with van der Waals surface area (Å²) in [6.45, 7) is 0.454. The van der Waals surface area contributed by atoms with Crippen LogP contribution in [0.2, 0.25) is 0 Å². The van der Waals surface area contributed by atoms with Crippen molar-refractivity contribution >= 4 is 11.9 Å². The van der Waals surface area contributed by atoms with Crippen molar-refractivity contribution in [3.8, 4) is 0 Å². The Morgan fingerprint density at radius 1 is 1.33 bits per heavy atom. The first-order valence-electron chi connectivity index (χ1n) is 6.86. The van der Waals surface area contributed by atoms with Gasteiger partial charge in [0.1, 0.15) is 6.04 Å². The average Bonchev–Trinajstić information content (AvgIpc) is 2.47. The maximum Gasteiger partial charge on any atom is 0.326 e. The molecule has 0 heterocycles. The number of amides is 1. The van der Waals surface area contributed by atoms with Crippen LogP contribution in [0.4, 0.5) is 0 Å². The number of nitrogens with one attached hydrogen (secondary N) is 1. The fourth-order valence-corrected chi connectivity index (χ4v) is 1.93. The number of methoxy groups -OCH3 is 1. The van der Waals surface area contributed by atoms with E-state index in [1.807, 2.05) is 30.3 Å². The van der Waals surface area contributed by atoms with E-state index in [9.17, 15) is 9.59 Å². The third kappa shape index (κ3) is 6.37. The predicted octanol–water partition coefficient (Wildman–Crippen LogP) is 0.552. The average molecular weight is 294 g/mol. The van der Waals surface area contributed by atoms with Gasteiger partial charge in [0.05, 0.1) is 6.04 Å². The van der Waals surface area contributed by atoms with E-state index in [1.54, 1.807) is 7.11 Å². The molecule has 0 spiro atoms. The van der Waals surface area contributed by atoms with E-state index < -0.39 is 24.0 Å². The Bertz CT molecular complexity index is 450. The Morgan fingerprint density at radius 3 is 2.57 bits per heavy atom. The van der Waals surface area contributed by atoms with Gasteiger partial charge in [0.25, 0.3) is 0 Å². The van der Waals surface area contributed by atoms with Crippen molar-refractivity contribution in [1.29, 1.82) is 0 Å². The SMILES string of the molecule is COCCCC(NC(=O)C(N)Cc1ccccc1)C(=O)O. The van der Waals surface area contributed by atoms with Crippen LogP contribution in [0.5, 0.6) is 0 Å². The summed E-state index contributed by atoms with van der Waals surface area (Å²) in [6.07, 6.45) is 1.24. The molecule has 0 radical (unpaired) electrons. The van der Waals surface area contributed by atoms with Crippen molar-refractivity contribution in [2.45, 2.75) is 31.3 Å². The van der Waals surface area contributed by atoms with Crippen molar-refractivity contribution in [2.24, 2.45) is 5.73 Å². The van der Waals surface area contributed by atoms with Gasteiger partial charge in [-0.3, -0.25) is 4.79 Å². The van der Waals surface area contributed by atoms with E-state index in [0.29, 0.717) is 25.9 Å². The molecule has 2 atom stereocenters. The smallest absolute Gasteiger partial charge is 0.326 e. The van der Waals surface area contributed by atoms with E-state index in [0.717, 1.165) is 5.56 Å². The molecule has 116 valence electrons. The quantitative estimate of drug-likeness (QED) is 0.577.